The summed E-state index contributed by atoms with van der Waals surface area (Å²) in [7, 11) is 3.65. The zero-order chi connectivity index (χ0) is 32.0. The third-order valence-corrected chi connectivity index (χ3v) is 10.8. The van der Waals surface area contributed by atoms with Gasteiger partial charge in [-0.15, -0.1) is 29.1 Å². The first-order valence-electron chi connectivity index (χ1n) is 13.5. The molecule has 0 spiro atoms. The van der Waals surface area contributed by atoms with Crippen LogP contribution in [-0.2, 0) is 14.1 Å². The minimum Gasteiger partial charge on any atom is -0.422 e. The van der Waals surface area contributed by atoms with Crippen molar-refractivity contribution < 1.29 is 9.47 Å². The molecule has 2 unspecified atom stereocenters. The predicted molar refractivity (Wildman–Crippen MR) is 189 cm³/mol. The Kier molecular flexibility index (Phi) is 9.52. The number of hydrogen-bond acceptors (Lipinski definition) is 9. The summed E-state index contributed by atoms with van der Waals surface area (Å²) in [6.45, 7) is 1.95. The number of thiophene rings is 2. The number of benzene rings is 1. The number of nitrogens with zero attached hydrogens (tertiary/aromatic N) is 5. The Hall–Kier alpha value is -4.27. The van der Waals surface area contributed by atoms with Gasteiger partial charge in [-0.3, -0.25) is 0 Å². The Balaban J connectivity index is 0.000000182. The van der Waals surface area contributed by atoms with Gasteiger partial charge in [-0.1, -0.05) is 43.7 Å². The van der Waals surface area contributed by atoms with Crippen LogP contribution in [0.1, 0.15) is 45.8 Å². The highest BCUT2D eigenvalue weighted by atomic mass is 79.9. The lowest BCUT2D eigenvalue weighted by Gasteiger charge is -2.24. The monoisotopic (exact) mass is 777 g/mol. The third-order valence-electron chi connectivity index (χ3n) is 7.42. The minimum absolute atomic E-state index is 0. The second-order valence-corrected chi connectivity index (χ2v) is 15.1. The topological polar surface area (TPSA) is 130 Å². The molecule has 0 aliphatic carbocycles. The fourth-order valence-electron chi connectivity index (χ4n) is 5.52. The van der Waals surface area contributed by atoms with E-state index in [-0.39, 0.29) is 31.0 Å². The summed E-state index contributed by atoms with van der Waals surface area (Å²) in [6.07, 6.45) is 5.64. The van der Waals surface area contributed by atoms with E-state index in [1.165, 1.54) is 0 Å². The molecule has 46 heavy (non-hydrogen) atoms. The number of aromatic nitrogens is 4. The lowest BCUT2D eigenvalue weighted by Crippen LogP contribution is -2.21. The molecule has 7 rings (SSSR count). The lowest BCUT2D eigenvalue weighted by molar-refractivity contribution is 0.358. The van der Waals surface area contributed by atoms with Crippen molar-refractivity contribution in [2.24, 2.45) is 25.6 Å². The van der Waals surface area contributed by atoms with Crippen LogP contribution in [0.4, 0.5) is 0 Å². The van der Waals surface area contributed by atoms with E-state index in [0.717, 1.165) is 45.4 Å². The summed E-state index contributed by atoms with van der Waals surface area (Å²) in [6, 6.07) is 20.1. The van der Waals surface area contributed by atoms with Crippen LogP contribution in [0, 0.1) is 30.6 Å². The lowest BCUT2D eigenvalue weighted by atomic mass is 9.87. The maximum atomic E-state index is 9.69. The van der Waals surface area contributed by atoms with E-state index < -0.39 is 0 Å². The number of aryl methyl sites for hydroxylation is 3. The second-order valence-electron chi connectivity index (χ2n) is 10.2. The highest BCUT2D eigenvalue weighted by molar-refractivity contribution is 9.11. The van der Waals surface area contributed by atoms with Gasteiger partial charge in [0.2, 0.25) is 23.5 Å². The molecule has 9 nitrogen and oxygen atoms in total. The highest BCUT2D eigenvalue weighted by Gasteiger charge is 2.38. The van der Waals surface area contributed by atoms with Gasteiger partial charge in [-0.05, 0) is 63.0 Å². The van der Waals surface area contributed by atoms with Gasteiger partial charge in [-0.2, -0.15) is 15.5 Å². The van der Waals surface area contributed by atoms with Gasteiger partial charge in [-0.25, -0.2) is 9.36 Å². The third kappa shape index (κ3) is 5.76. The van der Waals surface area contributed by atoms with E-state index in [2.05, 4.69) is 54.0 Å². The van der Waals surface area contributed by atoms with Crippen molar-refractivity contribution in [1.29, 1.82) is 5.26 Å². The Bertz CT molecular complexity index is 2090. The van der Waals surface area contributed by atoms with E-state index in [0.29, 0.717) is 22.9 Å². The number of nitrogens with two attached hydrogens (primary N) is 2. The maximum absolute atomic E-state index is 9.69. The van der Waals surface area contributed by atoms with Crippen LogP contribution in [0.25, 0.3) is 11.3 Å². The van der Waals surface area contributed by atoms with Crippen molar-refractivity contribution in [2.75, 3.05) is 0 Å². The molecule has 2 aliphatic rings. The normalized spacial score (nSPS) is 16.5. The van der Waals surface area contributed by atoms with Gasteiger partial charge in [0.15, 0.2) is 0 Å². The number of terminal acetylenes is 1. The molecule has 0 saturated carbocycles. The highest BCUT2D eigenvalue weighted by Crippen LogP contribution is 2.49. The Morgan fingerprint density at radius 3 is 1.87 bits per heavy atom. The summed E-state index contributed by atoms with van der Waals surface area (Å²) < 4.78 is 16.8. The molecule has 0 saturated heterocycles. The summed E-state index contributed by atoms with van der Waals surface area (Å²) >= 11 is 10.2. The van der Waals surface area contributed by atoms with Crippen molar-refractivity contribution in [3.05, 3.63) is 112 Å². The first kappa shape index (κ1) is 33.1. The average Bonchev–Trinajstić information content (AvgIpc) is 3.79. The number of allylic oxidation sites excluding steroid dienone is 2. The molecule has 4 N–H and O–H groups in total. The molecule has 4 aromatic heterocycles. The first-order valence-corrected chi connectivity index (χ1v) is 16.7. The molecule has 5 aromatic rings. The molecule has 1 aromatic carbocycles. The number of fused-ring (bicyclic) bond motifs is 2. The molecular formula is C33H29Br2N7O2S2. The fraction of sp³-hybridized carbons (Fsp3) is 0.182. The maximum Gasteiger partial charge on any atom is 0.224 e. The molecule has 13 heteroatoms. The number of rotatable bonds is 3. The second kappa shape index (κ2) is 13.2. The number of halogens is 2. The van der Waals surface area contributed by atoms with Crippen LogP contribution in [0.2, 0.25) is 0 Å². The molecule has 0 amide bonds. The van der Waals surface area contributed by atoms with Crippen molar-refractivity contribution in [2.45, 2.75) is 26.2 Å². The van der Waals surface area contributed by atoms with E-state index in [1.807, 2.05) is 75.6 Å². The first-order chi connectivity index (χ1) is 21.6. The molecule has 6 heterocycles. The fourth-order valence-corrected chi connectivity index (χ4v) is 8.61. The molecule has 234 valence electrons. The number of nitriles is 1. The van der Waals surface area contributed by atoms with E-state index in [4.69, 9.17) is 27.4 Å². The van der Waals surface area contributed by atoms with E-state index in [1.54, 1.807) is 32.0 Å². The number of hydrogen-bond donors (Lipinski definition) is 2. The zero-order valence-electron chi connectivity index (χ0n) is 24.2. The Morgan fingerprint density at radius 2 is 1.35 bits per heavy atom. The van der Waals surface area contributed by atoms with Gasteiger partial charge >= 0.3 is 0 Å². The largest absolute Gasteiger partial charge is 0.422 e. The van der Waals surface area contributed by atoms with E-state index >= 15 is 0 Å². The van der Waals surface area contributed by atoms with Crippen LogP contribution in [0.15, 0.2) is 85.1 Å². The smallest absolute Gasteiger partial charge is 0.224 e. The van der Waals surface area contributed by atoms with Gasteiger partial charge < -0.3 is 20.9 Å². The predicted octanol–water partition coefficient (Wildman–Crippen LogP) is 7.65. The molecule has 0 radical (unpaired) electrons. The summed E-state index contributed by atoms with van der Waals surface area (Å²) in [5.41, 5.74) is 17.6. The average molecular weight is 780 g/mol. The van der Waals surface area contributed by atoms with Crippen LogP contribution >= 0.6 is 54.5 Å². The van der Waals surface area contributed by atoms with Crippen molar-refractivity contribution in [1.82, 2.24) is 19.6 Å². The van der Waals surface area contributed by atoms with Crippen LogP contribution in [0.3, 0.4) is 0 Å². The number of ether oxygens (including phenoxy) is 2. The van der Waals surface area contributed by atoms with Crippen molar-refractivity contribution >= 4 is 54.5 Å². The summed E-state index contributed by atoms with van der Waals surface area (Å²) in [5, 5.41) is 18.7. The van der Waals surface area contributed by atoms with Gasteiger partial charge in [0.05, 0.1) is 41.8 Å². The van der Waals surface area contributed by atoms with Crippen LogP contribution < -0.4 is 20.9 Å². The van der Waals surface area contributed by atoms with Crippen LogP contribution in [-0.4, -0.2) is 19.6 Å². The van der Waals surface area contributed by atoms with Gasteiger partial charge in [0, 0.05) is 29.4 Å². The minimum atomic E-state index is -0.297. The van der Waals surface area contributed by atoms with Gasteiger partial charge in [0.25, 0.3) is 0 Å². The molecule has 2 atom stereocenters. The Morgan fingerprint density at radius 1 is 0.826 bits per heavy atom. The van der Waals surface area contributed by atoms with Crippen molar-refractivity contribution in [3.8, 4) is 41.4 Å². The Labute approximate surface area is 292 Å². The standard InChI is InChI=1S/C18H13BrN4OS.C14H12BrN3OS.CH4/c1-23-18-15(16(22-23)10-5-3-2-4-6-10)14(11(9-20)17(21)24-18)12-7-8-13(19)25-12;1-4-8-12(9-5-6-10(15)20-9)11-7(2)17-18(3)14(11)19-13(8)16;/h2-8,14H,21H2,1H3;1,5-6,12H,16H2,2-3H3;1H4. The molecule has 0 bridgehead atoms. The van der Waals surface area contributed by atoms with Crippen molar-refractivity contribution in [3.63, 3.8) is 0 Å². The zero-order valence-corrected chi connectivity index (χ0v) is 29.0. The van der Waals surface area contributed by atoms with E-state index in [9.17, 15) is 5.26 Å². The summed E-state index contributed by atoms with van der Waals surface area (Å²) in [5.74, 6) is 3.93. The summed E-state index contributed by atoms with van der Waals surface area (Å²) in [4.78, 5) is 2.13. The van der Waals surface area contributed by atoms with Crippen LogP contribution in [0.5, 0.6) is 11.8 Å². The SMILES string of the molecule is C.C#CC1=C(N)Oc2c(c(C)nn2C)C1c1ccc(Br)s1.Cn1nc(-c2ccccc2)c2c1OC(N)=C(C#N)C2c1ccc(Br)s1. The molecular weight excluding hydrogens is 750 g/mol. The van der Waals surface area contributed by atoms with Gasteiger partial charge in [0.1, 0.15) is 17.3 Å². The molecule has 0 fully saturated rings. The molecule has 2 aliphatic heterocycles. The quantitative estimate of drug-likeness (QED) is 0.180.